The van der Waals surface area contributed by atoms with Crippen LogP contribution in [0.25, 0.3) is 0 Å². The van der Waals surface area contributed by atoms with E-state index in [2.05, 4.69) is 25.8 Å². The Hall–Kier alpha value is -3.10. The Morgan fingerprint density at radius 1 is 1.32 bits per heavy atom. The molecule has 28 heavy (non-hydrogen) atoms. The standard InChI is InChI=1S/C19H25N5O4/c1-3-8-20-19(26)28-14-6-4-12(9-14)15-10-16(24-23-15)22-18(25)13-5-7-17(27-2)21-11-13/h5,7,10-12,14H,3-4,6,8-9H2,1-2H3,(H,20,26)(H2,22,23,24,25)/t12-,14+/m0/s1. The normalized spacial score (nSPS) is 18.5. The number of H-pyrrole nitrogens is 1. The second kappa shape index (κ2) is 9.20. The molecule has 1 fully saturated rings. The summed E-state index contributed by atoms with van der Waals surface area (Å²) in [5.74, 6) is 0.805. The van der Waals surface area contributed by atoms with Gasteiger partial charge in [-0.15, -0.1) is 0 Å². The average Bonchev–Trinajstić information content (AvgIpc) is 3.36. The van der Waals surface area contributed by atoms with E-state index in [9.17, 15) is 9.59 Å². The minimum absolute atomic E-state index is 0.103. The lowest BCUT2D eigenvalue weighted by molar-refractivity contribution is 0.0998. The van der Waals surface area contributed by atoms with Gasteiger partial charge in [0.1, 0.15) is 6.10 Å². The van der Waals surface area contributed by atoms with E-state index >= 15 is 0 Å². The first-order valence-electron chi connectivity index (χ1n) is 9.40. The van der Waals surface area contributed by atoms with Crippen molar-refractivity contribution in [3.8, 4) is 5.88 Å². The summed E-state index contributed by atoms with van der Waals surface area (Å²) in [5, 5.41) is 12.6. The molecule has 0 spiro atoms. The van der Waals surface area contributed by atoms with Gasteiger partial charge in [0.25, 0.3) is 5.91 Å². The Morgan fingerprint density at radius 2 is 2.18 bits per heavy atom. The van der Waals surface area contributed by atoms with Crippen LogP contribution in [0.2, 0.25) is 0 Å². The van der Waals surface area contributed by atoms with Gasteiger partial charge >= 0.3 is 6.09 Å². The quantitative estimate of drug-likeness (QED) is 0.672. The smallest absolute Gasteiger partial charge is 0.407 e. The molecule has 3 rings (SSSR count). The second-order valence-electron chi connectivity index (χ2n) is 6.72. The van der Waals surface area contributed by atoms with Crippen LogP contribution in [0.3, 0.4) is 0 Å². The third-order valence-electron chi connectivity index (χ3n) is 4.66. The van der Waals surface area contributed by atoms with Crippen molar-refractivity contribution in [2.24, 2.45) is 0 Å². The number of anilines is 1. The summed E-state index contributed by atoms with van der Waals surface area (Å²) < 4.78 is 10.4. The minimum atomic E-state index is -0.363. The predicted molar refractivity (Wildman–Crippen MR) is 102 cm³/mol. The number of hydrogen-bond donors (Lipinski definition) is 3. The van der Waals surface area contributed by atoms with Crippen molar-refractivity contribution in [3.05, 3.63) is 35.7 Å². The molecule has 9 nitrogen and oxygen atoms in total. The van der Waals surface area contributed by atoms with Gasteiger partial charge in [-0.3, -0.25) is 9.89 Å². The van der Waals surface area contributed by atoms with Crippen LogP contribution in [0, 0.1) is 0 Å². The number of carbonyl (C=O) groups is 2. The number of alkyl carbamates (subject to hydrolysis) is 1. The van der Waals surface area contributed by atoms with Gasteiger partial charge in [0.05, 0.1) is 12.7 Å². The Bertz CT molecular complexity index is 805. The molecule has 2 aromatic rings. The molecule has 3 N–H and O–H groups in total. The highest BCUT2D eigenvalue weighted by molar-refractivity contribution is 6.03. The molecule has 2 amide bonds. The molecule has 0 saturated heterocycles. The molecule has 150 valence electrons. The fourth-order valence-corrected chi connectivity index (χ4v) is 3.18. The molecule has 0 unspecified atom stereocenters. The Balaban J connectivity index is 1.52. The Labute approximate surface area is 163 Å². The zero-order valence-corrected chi connectivity index (χ0v) is 16.0. The van der Waals surface area contributed by atoms with Crippen molar-refractivity contribution in [1.29, 1.82) is 0 Å². The number of amides is 2. The zero-order valence-electron chi connectivity index (χ0n) is 16.0. The number of aromatic amines is 1. The molecule has 0 bridgehead atoms. The molecule has 2 atom stereocenters. The fraction of sp³-hybridized carbons (Fsp3) is 0.474. The highest BCUT2D eigenvalue weighted by Crippen LogP contribution is 2.35. The van der Waals surface area contributed by atoms with Crippen molar-refractivity contribution >= 4 is 17.8 Å². The number of rotatable bonds is 7. The van der Waals surface area contributed by atoms with Gasteiger partial charge in [0, 0.05) is 36.5 Å². The average molecular weight is 387 g/mol. The van der Waals surface area contributed by atoms with Crippen molar-refractivity contribution in [2.75, 3.05) is 19.0 Å². The van der Waals surface area contributed by atoms with Crippen molar-refractivity contribution in [1.82, 2.24) is 20.5 Å². The van der Waals surface area contributed by atoms with Gasteiger partial charge in [-0.2, -0.15) is 5.10 Å². The van der Waals surface area contributed by atoms with Crippen LogP contribution >= 0.6 is 0 Å². The predicted octanol–water partition coefficient (Wildman–Crippen LogP) is 2.84. The summed E-state index contributed by atoms with van der Waals surface area (Å²) in [4.78, 5) is 28.0. The highest BCUT2D eigenvalue weighted by atomic mass is 16.6. The lowest BCUT2D eigenvalue weighted by atomic mass is 10.0. The van der Waals surface area contributed by atoms with Crippen LogP contribution in [0.1, 0.15) is 54.6 Å². The van der Waals surface area contributed by atoms with Gasteiger partial charge in [-0.05, 0) is 31.7 Å². The molecule has 1 aliphatic carbocycles. The number of methoxy groups -OCH3 is 1. The van der Waals surface area contributed by atoms with Crippen LogP contribution in [0.4, 0.5) is 10.6 Å². The summed E-state index contributed by atoms with van der Waals surface area (Å²) in [6, 6.07) is 5.08. The largest absolute Gasteiger partial charge is 0.481 e. The van der Waals surface area contributed by atoms with E-state index in [1.807, 2.05) is 13.0 Å². The van der Waals surface area contributed by atoms with Crippen molar-refractivity contribution < 1.29 is 19.1 Å². The second-order valence-corrected chi connectivity index (χ2v) is 6.72. The number of pyridine rings is 1. The van der Waals surface area contributed by atoms with Crippen molar-refractivity contribution in [2.45, 2.75) is 44.6 Å². The van der Waals surface area contributed by atoms with Crippen LogP contribution < -0.4 is 15.4 Å². The Morgan fingerprint density at radius 3 is 2.89 bits per heavy atom. The van der Waals surface area contributed by atoms with Gasteiger partial charge < -0.3 is 20.1 Å². The summed E-state index contributed by atoms with van der Waals surface area (Å²) >= 11 is 0. The zero-order chi connectivity index (χ0) is 19.9. The number of nitrogens with one attached hydrogen (secondary N) is 3. The van der Waals surface area contributed by atoms with E-state index in [0.29, 0.717) is 23.8 Å². The summed E-state index contributed by atoms with van der Waals surface area (Å²) in [6.07, 6.45) is 4.29. The van der Waals surface area contributed by atoms with E-state index in [1.165, 1.54) is 13.3 Å². The maximum absolute atomic E-state index is 12.3. The molecule has 0 aromatic carbocycles. The molecule has 1 saturated carbocycles. The SMILES string of the molecule is CCCNC(=O)O[C@@H]1CC[C@H](c2cc(NC(=O)c3ccc(OC)nc3)n[nH]2)C1. The van der Waals surface area contributed by atoms with Crippen LogP contribution in [0.15, 0.2) is 24.4 Å². The van der Waals surface area contributed by atoms with Gasteiger partial charge in [-0.1, -0.05) is 6.92 Å². The number of carbonyl (C=O) groups excluding carboxylic acids is 2. The maximum Gasteiger partial charge on any atom is 0.407 e. The summed E-state index contributed by atoms with van der Waals surface area (Å²) in [5.41, 5.74) is 1.33. The first-order valence-corrected chi connectivity index (χ1v) is 9.40. The van der Waals surface area contributed by atoms with Crippen LogP contribution in [-0.4, -0.2) is 46.9 Å². The Kier molecular flexibility index (Phi) is 6.46. The monoisotopic (exact) mass is 387 g/mol. The van der Waals surface area contributed by atoms with Gasteiger partial charge in [0.2, 0.25) is 5.88 Å². The number of nitrogens with zero attached hydrogens (tertiary/aromatic N) is 2. The van der Waals surface area contributed by atoms with Crippen LogP contribution in [-0.2, 0) is 4.74 Å². The first-order chi connectivity index (χ1) is 13.6. The number of aromatic nitrogens is 3. The lowest BCUT2D eigenvalue weighted by Gasteiger charge is -2.12. The van der Waals surface area contributed by atoms with Gasteiger partial charge in [0.15, 0.2) is 5.82 Å². The minimum Gasteiger partial charge on any atom is -0.481 e. The van der Waals surface area contributed by atoms with Crippen molar-refractivity contribution in [3.63, 3.8) is 0 Å². The topological polar surface area (TPSA) is 118 Å². The molecule has 0 radical (unpaired) electrons. The maximum atomic E-state index is 12.3. The molecule has 2 aromatic heterocycles. The van der Waals surface area contributed by atoms with E-state index in [-0.39, 0.29) is 24.0 Å². The first kappa shape index (κ1) is 19.7. The number of ether oxygens (including phenoxy) is 2. The van der Waals surface area contributed by atoms with E-state index in [0.717, 1.165) is 31.4 Å². The molecular formula is C19H25N5O4. The van der Waals surface area contributed by atoms with E-state index in [4.69, 9.17) is 9.47 Å². The number of hydrogen-bond acceptors (Lipinski definition) is 6. The summed E-state index contributed by atoms with van der Waals surface area (Å²) in [7, 11) is 1.52. The molecule has 0 aliphatic heterocycles. The third-order valence-corrected chi connectivity index (χ3v) is 4.66. The highest BCUT2D eigenvalue weighted by Gasteiger charge is 2.30. The third kappa shape index (κ3) is 4.99. The summed E-state index contributed by atoms with van der Waals surface area (Å²) in [6.45, 7) is 2.61. The molecule has 2 heterocycles. The van der Waals surface area contributed by atoms with Crippen LogP contribution in [0.5, 0.6) is 5.88 Å². The molecular weight excluding hydrogens is 362 g/mol. The molecule has 1 aliphatic rings. The van der Waals surface area contributed by atoms with E-state index < -0.39 is 0 Å². The lowest BCUT2D eigenvalue weighted by Crippen LogP contribution is -2.28. The van der Waals surface area contributed by atoms with Gasteiger partial charge in [-0.25, -0.2) is 9.78 Å². The molecule has 9 heteroatoms. The fourth-order valence-electron chi connectivity index (χ4n) is 3.18. The van der Waals surface area contributed by atoms with E-state index in [1.54, 1.807) is 12.1 Å².